The normalized spacial score (nSPS) is 12.0. The molecule has 7 heteroatoms. The van der Waals surface area contributed by atoms with Crippen LogP contribution in [0.5, 0.6) is 0 Å². The van der Waals surface area contributed by atoms with Crippen LogP contribution in [-0.4, -0.2) is 21.8 Å². The molecule has 0 saturated carbocycles. The van der Waals surface area contributed by atoms with Gasteiger partial charge in [-0.2, -0.15) is 13.2 Å². The second-order valence-corrected chi connectivity index (χ2v) is 3.75. The van der Waals surface area contributed by atoms with Gasteiger partial charge < -0.3 is 9.67 Å². The molecule has 18 heavy (non-hydrogen) atoms. The quantitative estimate of drug-likeness (QED) is 0.844. The number of aromatic nitrogens is 1. The molecule has 96 valence electrons. The Balaban J connectivity index is 2.65. The number of carboxylic acids is 1. The third-order valence-electron chi connectivity index (χ3n) is 2.42. The number of hydrogen-bond donors (Lipinski definition) is 1. The number of aromatic carboxylic acids is 1. The van der Waals surface area contributed by atoms with Crippen LogP contribution >= 0.6 is 0 Å². The minimum absolute atomic E-state index is 0.0334. The Morgan fingerprint density at radius 2 is 2.00 bits per heavy atom. The van der Waals surface area contributed by atoms with Gasteiger partial charge in [-0.3, -0.25) is 0 Å². The third kappa shape index (κ3) is 2.29. The van der Waals surface area contributed by atoms with E-state index in [1.807, 2.05) is 0 Å². The third-order valence-corrected chi connectivity index (χ3v) is 2.42. The zero-order chi connectivity index (χ0) is 13.5. The molecule has 0 fully saturated rings. The molecule has 2 aromatic rings. The van der Waals surface area contributed by atoms with Crippen molar-refractivity contribution in [3.05, 3.63) is 35.8 Å². The fraction of sp³-hybridized carbons (Fsp3) is 0.182. The van der Waals surface area contributed by atoms with Crippen LogP contribution < -0.4 is 0 Å². The summed E-state index contributed by atoms with van der Waals surface area (Å²) in [7, 11) is 0. The van der Waals surface area contributed by atoms with Crippen molar-refractivity contribution in [1.82, 2.24) is 4.57 Å². The van der Waals surface area contributed by atoms with E-state index >= 15 is 0 Å². The first-order chi connectivity index (χ1) is 8.28. The molecule has 0 saturated heterocycles. The smallest absolute Gasteiger partial charge is 0.406 e. The van der Waals surface area contributed by atoms with E-state index in [2.05, 4.69) is 0 Å². The van der Waals surface area contributed by atoms with Crippen LogP contribution in [0, 0.1) is 5.82 Å². The first kappa shape index (κ1) is 12.4. The monoisotopic (exact) mass is 261 g/mol. The van der Waals surface area contributed by atoms with Gasteiger partial charge in [0, 0.05) is 17.1 Å². The number of benzene rings is 1. The second kappa shape index (κ2) is 4.01. The number of carboxylic acid groups (broad SMARTS) is 1. The number of rotatable bonds is 2. The predicted octanol–water partition coefficient (Wildman–Crippen LogP) is 3.04. The molecule has 0 radical (unpaired) electrons. The number of hydrogen-bond acceptors (Lipinski definition) is 1. The van der Waals surface area contributed by atoms with E-state index in [1.54, 1.807) is 0 Å². The Hall–Kier alpha value is -2.05. The van der Waals surface area contributed by atoms with E-state index in [1.165, 1.54) is 0 Å². The van der Waals surface area contributed by atoms with E-state index in [9.17, 15) is 22.4 Å². The molecule has 3 nitrogen and oxygen atoms in total. The minimum Gasteiger partial charge on any atom is -0.478 e. The van der Waals surface area contributed by atoms with Gasteiger partial charge >= 0.3 is 12.1 Å². The maximum absolute atomic E-state index is 13.0. The Morgan fingerprint density at radius 3 is 2.56 bits per heavy atom. The molecule has 1 aromatic carbocycles. The Kier molecular flexibility index (Phi) is 2.76. The van der Waals surface area contributed by atoms with Gasteiger partial charge in [0.05, 0.1) is 5.56 Å². The molecule has 0 atom stereocenters. The summed E-state index contributed by atoms with van der Waals surface area (Å²) in [5.41, 5.74) is -0.320. The maximum atomic E-state index is 13.0. The van der Waals surface area contributed by atoms with Crippen molar-refractivity contribution in [2.75, 3.05) is 0 Å². The number of halogens is 4. The lowest BCUT2D eigenvalue weighted by Crippen LogP contribution is -2.16. The first-order valence-electron chi connectivity index (χ1n) is 4.86. The van der Waals surface area contributed by atoms with Crippen LogP contribution in [0.15, 0.2) is 24.4 Å². The highest BCUT2D eigenvalue weighted by atomic mass is 19.4. The van der Waals surface area contributed by atoms with E-state index in [0.29, 0.717) is 0 Å². The van der Waals surface area contributed by atoms with E-state index in [0.717, 1.165) is 29.0 Å². The minimum atomic E-state index is -4.48. The van der Waals surface area contributed by atoms with Gasteiger partial charge in [-0.15, -0.1) is 0 Å². The molecular formula is C11H7F4NO2. The number of fused-ring (bicyclic) bond motifs is 1. The van der Waals surface area contributed by atoms with E-state index < -0.39 is 24.5 Å². The molecule has 0 amide bonds. The van der Waals surface area contributed by atoms with Crippen LogP contribution in [0.4, 0.5) is 17.6 Å². The van der Waals surface area contributed by atoms with Crippen molar-refractivity contribution in [3.8, 4) is 0 Å². The molecule has 0 unspecified atom stereocenters. The average Bonchev–Trinajstić information content (AvgIpc) is 2.54. The molecule has 0 spiro atoms. The summed E-state index contributed by atoms with van der Waals surface area (Å²) in [6.07, 6.45) is -3.62. The predicted molar refractivity (Wildman–Crippen MR) is 54.9 cm³/mol. The summed E-state index contributed by atoms with van der Waals surface area (Å²) in [5.74, 6) is -2.10. The van der Waals surface area contributed by atoms with Crippen molar-refractivity contribution in [2.45, 2.75) is 12.7 Å². The SMILES string of the molecule is O=C(O)c1cn(CC(F)(F)F)c2ccc(F)cc12. The molecule has 1 aromatic heterocycles. The maximum Gasteiger partial charge on any atom is 0.406 e. The molecule has 0 bridgehead atoms. The van der Waals surface area contributed by atoms with Gasteiger partial charge in [0.25, 0.3) is 0 Å². The zero-order valence-electron chi connectivity index (χ0n) is 8.83. The molecule has 2 rings (SSSR count). The molecule has 0 aliphatic carbocycles. The highest BCUT2D eigenvalue weighted by molar-refractivity contribution is 6.03. The molecule has 0 aliphatic rings. The largest absolute Gasteiger partial charge is 0.478 e. The van der Waals surface area contributed by atoms with Crippen LogP contribution in [0.3, 0.4) is 0 Å². The Bertz CT molecular complexity index is 615. The standard InChI is InChI=1S/C11H7F4NO2/c12-6-1-2-9-7(3-6)8(10(17)18)4-16(9)5-11(13,14)15/h1-4H,5H2,(H,17,18). The highest BCUT2D eigenvalue weighted by Gasteiger charge is 2.29. The summed E-state index contributed by atoms with van der Waals surface area (Å²) in [5, 5.41) is 8.82. The van der Waals surface area contributed by atoms with Crippen LogP contribution in [0.1, 0.15) is 10.4 Å². The van der Waals surface area contributed by atoms with Gasteiger partial charge in [0.1, 0.15) is 12.4 Å². The summed E-state index contributed by atoms with van der Waals surface area (Å²) in [4.78, 5) is 10.9. The van der Waals surface area contributed by atoms with Crippen molar-refractivity contribution in [2.24, 2.45) is 0 Å². The zero-order valence-corrected chi connectivity index (χ0v) is 8.83. The van der Waals surface area contributed by atoms with Crippen molar-refractivity contribution < 1.29 is 27.5 Å². The lowest BCUT2D eigenvalue weighted by molar-refractivity contribution is -0.139. The molecule has 0 aliphatic heterocycles. The topological polar surface area (TPSA) is 42.2 Å². The fourth-order valence-electron chi connectivity index (χ4n) is 1.76. The fourth-order valence-corrected chi connectivity index (χ4v) is 1.76. The van der Waals surface area contributed by atoms with Crippen LogP contribution in [0.2, 0.25) is 0 Å². The van der Waals surface area contributed by atoms with Gasteiger partial charge in [0.15, 0.2) is 0 Å². The summed E-state index contributed by atoms with van der Waals surface area (Å²) < 4.78 is 50.7. The van der Waals surface area contributed by atoms with Gasteiger partial charge in [-0.1, -0.05) is 0 Å². The van der Waals surface area contributed by atoms with Crippen LogP contribution in [0.25, 0.3) is 10.9 Å². The number of nitrogens with zero attached hydrogens (tertiary/aromatic N) is 1. The summed E-state index contributed by atoms with van der Waals surface area (Å²) in [6.45, 7) is -1.32. The van der Waals surface area contributed by atoms with E-state index in [4.69, 9.17) is 5.11 Å². The average molecular weight is 261 g/mol. The van der Waals surface area contributed by atoms with Gasteiger partial charge in [0.2, 0.25) is 0 Å². The van der Waals surface area contributed by atoms with Crippen molar-refractivity contribution in [3.63, 3.8) is 0 Å². The van der Waals surface area contributed by atoms with Gasteiger partial charge in [-0.05, 0) is 18.2 Å². The summed E-state index contributed by atoms with van der Waals surface area (Å²) in [6, 6.07) is 3.02. The molecule has 1 heterocycles. The van der Waals surface area contributed by atoms with Crippen LogP contribution in [-0.2, 0) is 6.54 Å². The number of alkyl halides is 3. The highest BCUT2D eigenvalue weighted by Crippen LogP contribution is 2.26. The summed E-state index contributed by atoms with van der Waals surface area (Å²) >= 11 is 0. The van der Waals surface area contributed by atoms with Crippen molar-refractivity contribution in [1.29, 1.82) is 0 Å². The molecular weight excluding hydrogens is 254 g/mol. The van der Waals surface area contributed by atoms with Gasteiger partial charge in [-0.25, -0.2) is 9.18 Å². The van der Waals surface area contributed by atoms with E-state index in [-0.39, 0.29) is 16.5 Å². The Labute approximate surface area is 98.2 Å². The van der Waals surface area contributed by atoms with Crippen molar-refractivity contribution >= 4 is 16.9 Å². The second-order valence-electron chi connectivity index (χ2n) is 3.75. The molecule has 1 N–H and O–H groups in total. The lowest BCUT2D eigenvalue weighted by atomic mass is 10.2. The first-order valence-corrected chi connectivity index (χ1v) is 4.86. The number of carbonyl (C=O) groups is 1. The Morgan fingerprint density at radius 1 is 1.33 bits per heavy atom. The lowest BCUT2D eigenvalue weighted by Gasteiger charge is -2.08.